The number of H-pyrrole nitrogens is 1. The number of aromatic amines is 1. The highest BCUT2D eigenvalue weighted by Gasteiger charge is 2.19. The smallest absolute Gasteiger partial charge is 0.326 e. The van der Waals surface area contributed by atoms with E-state index in [1.54, 1.807) is 4.57 Å². The number of hydrogen-bond acceptors (Lipinski definition) is 4. The maximum absolute atomic E-state index is 13.0. The number of aromatic nitrogens is 4. The van der Waals surface area contributed by atoms with Gasteiger partial charge in [0.05, 0.1) is 0 Å². The number of anilines is 1. The molecule has 0 aliphatic carbocycles. The number of para-hydroxylation sites is 1. The predicted octanol–water partition coefficient (Wildman–Crippen LogP) is 4.88. The van der Waals surface area contributed by atoms with Gasteiger partial charge in [-0.1, -0.05) is 65.2 Å². The molecule has 2 heterocycles. The van der Waals surface area contributed by atoms with Crippen LogP contribution in [0.1, 0.15) is 89.1 Å². The number of hydrogen-bond donors (Lipinski definition) is 2. The molecule has 3 rings (SSSR count). The van der Waals surface area contributed by atoms with E-state index in [2.05, 4.69) is 38.0 Å². The van der Waals surface area contributed by atoms with Gasteiger partial charge in [-0.2, -0.15) is 0 Å². The van der Waals surface area contributed by atoms with Crippen molar-refractivity contribution in [3.8, 4) is 0 Å². The molecular formula is C27H39N5O3. The third-order valence-electron chi connectivity index (χ3n) is 6.45. The Morgan fingerprint density at radius 3 is 2.46 bits per heavy atom. The second kappa shape index (κ2) is 12.0. The van der Waals surface area contributed by atoms with E-state index in [9.17, 15) is 14.4 Å². The Bertz CT molecular complexity index is 1280. The molecule has 0 saturated carbocycles. The molecule has 8 nitrogen and oxygen atoms in total. The summed E-state index contributed by atoms with van der Waals surface area (Å²) in [4.78, 5) is 45.5. The zero-order valence-electron chi connectivity index (χ0n) is 21.7. The van der Waals surface area contributed by atoms with E-state index < -0.39 is 11.2 Å². The lowest BCUT2D eigenvalue weighted by Gasteiger charge is -2.16. The van der Waals surface area contributed by atoms with E-state index in [1.807, 2.05) is 29.7 Å². The number of aryl methyl sites for hydroxylation is 4. The fourth-order valence-corrected chi connectivity index (χ4v) is 4.46. The van der Waals surface area contributed by atoms with Crippen LogP contribution in [0.4, 0.5) is 5.69 Å². The molecule has 1 aromatic carbocycles. The lowest BCUT2D eigenvalue weighted by molar-refractivity contribution is -0.116. The van der Waals surface area contributed by atoms with Crippen LogP contribution in [0.3, 0.4) is 0 Å². The van der Waals surface area contributed by atoms with Gasteiger partial charge in [-0.05, 0) is 36.8 Å². The fraction of sp³-hybridized carbons (Fsp3) is 0.556. The first kappa shape index (κ1) is 26.4. The van der Waals surface area contributed by atoms with Gasteiger partial charge in [0.25, 0.3) is 5.56 Å². The summed E-state index contributed by atoms with van der Waals surface area (Å²) in [5.41, 5.74) is 3.00. The van der Waals surface area contributed by atoms with E-state index in [4.69, 9.17) is 4.98 Å². The normalized spacial score (nSPS) is 11.5. The van der Waals surface area contributed by atoms with Gasteiger partial charge in [0, 0.05) is 31.6 Å². The van der Waals surface area contributed by atoms with Gasteiger partial charge >= 0.3 is 5.69 Å². The average Bonchev–Trinajstić information content (AvgIpc) is 3.17. The molecule has 0 unspecified atom stereocenters. The summed E-state index contributed by atoms with van der Waals surface area (Å²) in [6.07, 6.45) is 5.34. The molecule has 0 bridgehead atoms. The first-order chi connectivity index (χ1) is 16.8. The van der Waals surface area contributed by atoms with Crippen molar-refractivity contribution in [1.29, 1.82) is 0 Å². The summed E-state index contributed by atoms with van der Waals surface area (Å²) in [7, 11) is 0. The van der Waals surface area contributed by atoms with Gasteiger partial charge in [0.1, 0.15) is 5.82 Å². The van der Waals surface area contributed by atoms with Gasteiger partial charge in [-0.25, -0.2) is 9.78 Å². The fourth-order valence-electron chi connectivity index (χ4n) is 4.46. The summed E-state index contributed by atoms with van der Waals surface area (Å²) in [5.74, 6) is 0.867. The van der Waals surface area contributed by atoms with Crippen molar-refractivity contribution < 1.29 is 4.79 Å². The highest BCUT2D eigenvalue weighted by molar-refractivity contribution is 5.92. The summed E-state index contributed by atoms with van der Waals surface area (Å²) in [6.45, 7) is 11.5. The lowest BCUT2D eigenvalue weighted by Crippen LogP contribution is -2.31. The number of carbonyl (C=O) groups excluding carboxylic acids is 1. The zero-order chi connectivity index (χ0) is 25.5. The summed E-state index contributed by atoms with van der Waals surface area (Å²) in [5, 5.41) is 3.10. The Balaban J connectivity index is 1.92. The number of unbranched alkanes of at least 4 members (excludes halogenated alkanes) is 3. The maximum Gasteiger partial charge on any atom is 0.330 e. The molecule has 0 aliphatic rings. The predicted molar refractivity (Wildman–Crippen MR) is 141 cm³/mol. The van der Waals surface area contributed by atoms with Crippen molar-refractivity contribution >= 4 is 22.8 Å². The molecule has 35 heavy (non-hydrogen) atoms. The minimum Gasteiger partial charge on any atom is -0.326 e. The standard InChI is InChI=1S/C27H39N5O3/c1-6-8-10-17-31-21(28-25-24(31)26(34)30-27(35)32(25)16-9-7-2)14-15-22(33)29-23-19(5)12-11-13-20(23)18(3)4/h11-13,18H,6-10,14-17H2,1-5H3,(H,29,33)(H,30,34,35). The molecule has 1 amide bonds. The van der Waals surface area contributed by atoms with Gasteiger partial charge < -0.3 is 9.88 Å². The molecule has 190 valence electrons. The summed E-state index contributed by atoms with van der Waals surface area (Å²) >= 11 is 0. The Labute approximate surface area is 206 Å². The topological polar surface area (TPSA) is 102 Å². The van der Waals surface area contributed by atoms with Crippen LogP contribution < -0.4 is 16.6 Å². The Kier molecular flexibility index (Phi) is 9.07. The third-order valence-corrected chi connectivity index (χ3v) is 6.45. The number of nitrogens with zero attached hydrogens (tertiary/aromatic N) is 3. The van der Waals surface area contributed by atoms with Crippen LogP contribution in [0.25, 0.3) is 11.2 Å². The van der Waals surface area contributed by atoms with E-state index in [0.717, 1.165) is 48.9 Å². The van der Waals surface area contributed by atoms with Crippen LogP contribution in [-0.2, 0) is 24.3 Å². The van der Waals surface area contributed by atoms with Crippen molar-refractivity contribution in [1.82, 2.24) is 19.1 Å². The third kappa shape index (κ3) is 6.10. The number of carbonyl (C=O) groups is 1. The van der Waals surface area contributed by atoms with E-state index in [1.165, 1.54) is 0 Å². The van der Waals surface area contributed by atoms with E-state index in [-0.39, 0.29) is 12.3 Å². The first-order valence-corrected chi connectivity index (χ1v) is 12.9. The van der Waals surface area contributed by atoms with Gasteiger partial charge in [0.15, 0.2) is 11.2 Å². The van der Waals surface area contributed by atoms with Crippen LogP contribution in [0.2, 0.25) is 0 Å². The average molecular weight is 482 g/mol. The number of rotatable bonds is 12. The van der Waals surface area contributed by atoms with Crippen LogP contribution in [0.15, 0.2) is 27.8 Å². The van der Waals surface area contributed by atoms with Gasteiger partial charge in [-0.3, -0.25) is 19.1 Å². The van der Waals surface area contributed by atoms with Crippen LogP contribution in [0, 0.1) is 6.92 Å². The number of fused-ring (bicyclic) bond motifs is 1. The Morgan fingerprint density at radius 2 is 1.77 bits per heavy atom. The number of benzene rings is 1. The second-order valence-corrected chi connectivity index (χ2v) is 9.57. The molecule has 2 N–H and O–H groups in total. The highest BCUT2D eigenvalue weighted by atomic mass is 16.2. The zero-order valence-corrected chi connectivity index (χ0v) is 21.7. The number of imidazole rings is 1. The lowest BCUT2D eigenvalue weighted by atomic mass is 9.98. The number of nitrogens with one attached hydrogen (secondary N) is 2. The van der Waals surface area contributed by atoms with Crippen molar-refractivity contribution in [2.75, 3.05) is 5.32 Å². The Hall–Kier alpha value is -3.16. The van der Waals surface area contributed by atoms with Crippen molar-refractivity contribution in [2.24, 2.45) is 0 Å². The SMILES string of the molecule is CCCCCn1c(CCC(=O)Nc2c(C)cccc2C(C)C)nc2c1c(=O)[nH]c(=O)n2CCCC. The van der Waals surface area contributed by atoms with Crippen molar-refractivity contribution in [3.05, 3.63) is 56.0 Å². The van der Waals surface area contributed by atoms with Crippen LogP contribution >= 0.6 is 0 Å². The minimum absolute atomic E-state index is 0.0920. The molecule has 0 spiro atoms. The van der Waals surface area contributed by atoms with Crippen molar-refractivity contribution in [2.45, 2.75) is 98.6 Å². The van der Waals surface area contributed by atoms with Gasteiger partial charge in [0.2, 0.25) is 5.91 Å². The molecule has 2 aromatic heterocycles. The highest BCUT2D eigenvalue weighted by Crippen LogP contribution is 2.27. The molecule has 0 saturated heterocycles. The van der Waals surface area contributed by atoms with Crippen LogP contribution in [0.5, 0.6) is 0 Å². The maximum atomic E-state index is 13.0. The molecule has 8 heteroatoms. The number of amides is 1. The van der Waals surface area contributed by atoms with Crippen LogP contribution in [-0.4, -0.2) is 25.0 Å². The molecule has 0 fully saturated rings. The largest absolute Gasteiger partial charge is 0.330 e. The first-order valence-electron chi connectivity index (χ1n) is 12.9. The second-order valence-electron chi connectivity index (χ2n) is 9.57. The minimum atomic E-state index is -0.431. The molecule has 0 aliphatic heterocycles. The molecular weight excluding hydrogens is 442 g/mol. The Morgan fingerprint density at radius 1 is 1.06 bits per heavy atom. The van der Waals surface area contributed by atoms with Crippen molar-refractivity contribution in [3.63, 3.8) is 0 Å². The van der Waals surface area contributed by atoms with Gasteiger partial charge in [-0.15, -0.1) is 0 Å². The molecule has 3 aromatic rings. The molecule has 0 radical (unpaired) electrons. The summed E-state index contributed by atoms with van der Waals surface area (Å²) in [6, 6.07) is 6.05. The van der Waals surface area contributed by atoms with E-state index >= 15 is 0 Å². The molecule has 0 atom stereocenters. The quantitative estimate of drug-likeness (QED) is 0.360. The summed E-state index contributed by atoms with van der Waals surface area (Å²) < 4.78 is 3.47. The monoisotopic (exact) mass is 481 g/mol. The van der Waals surface area contributed by atoms with E-state index in [0.29, 0.717) is 42.4 Å².